The SMILES string of the molecule is COc1ccc2oc(C(C)NC(=O)CCC3CCNC3)c(C)c2c1.Cl. The number of amides is 1. The number of fused-ring (bicyclic) bond motifs is 1. The minimum atomic E-state index is -0.141. The van der Waals surface area contributed by atoms with Gasteiger partial charge in [-0.25, -0.2) is 0 Å². The number of carbonyl (C=O) groups excluding carboxylic acids is 1. The van der Waals surface area contributed by atoms with E-state index in [1.54, 1.807) is 7.11 Å². The van der Waals surface area contributed by atoms with Crippen molar-refractivity contribution in [3.63, 3.8) is 0 Å². The zero-order valence-electron chi connectivity index (χ0n) is 15.1. The molecule has 1 amide bonds. The summed E-state index contributed by atoms with van der Waals surface area (Å²) in [5.41, 5.74) is 1.87. The zero-order chi connectivity index (χ0) is 17.1. The highest BCUT2D eigenvalue weighted by Gasteiger charge is 2.20. The number of ether oxygens (including phenoxy) is 1. The lowest BCUT2D eigenvalue weighted by Gasteiger charge is -2.14. The summed E-state index contributed by atoms with van der Waals surface area (Å²) in [6.07, 6.45) is 2.69. The number of hydrogen-bond donors (Lipinski definition) is 2. The van der Waals surface area contributed by atoms with Crippen LogP contribution in [0.2, 0.25) is 0 Å². The van der Waals surface area contributed by atoms with Crippen LogP contribution in [0.5, 0.6) is 5.75 Å². The number of aryl methyl sites for hydroxylation is 1. The van der Waals surface area contributed by atoms with E-state index in [0.717, 1.165) is 47.6 Å². The van der Waals surface area contributed by atoms with Crippen molar-refractivity contribution in [3.05, 3.63) is 29.5 Å². The number of halogens is 1. The Morgan fingerprint density at radius 2 is 2.28 bits per heavy atom. The van der Waals surface area contributed by atoms with Gasteiger partial charge in [0.1, 0.15) is 17.1 Å². The van der Waals surface area contributed by atoms with Gasteiger partial charge in [0.25, 0.3) is 0 Å². The highest BCUT2D eigenvalue weighted by Crippen LogP contribution is 2.32. The molecule has 1 saturated heterocycles. The fraction of sp³-hybridized carbons (Fsp3) is 0.526. The molecule has 1 aromatic heterocycles. The fourth-order valence-electron chi connectivity index (χ4n) is 3.43. The van der Waals surface area contributed by atoms with E-state index in [1.165, 1.54) is 6.42 Å². The molecule has 0 radical (unpaired) electrons. The number of rotatable bonds is 6. The largest absolute Gasteiger partial charge is 0.497 e. The van der Waals surface area contributed by atoms with Crippen molar-refractivity contribution in [2.24, 2.45) is 5.92 Å². The van der Waals surface area contributed by atoms with Gasteiger partial charge in [0.05, 0.1) is 13.2 Å². The number of benzene rings is 1. The number of carbonyl (C=O) groups is 1. The molecular formula is C19H27ClN2O3. The van der Waals surface area contributed by atoms with Crippen LogP contribution in [0.15, 0.2) is 22.6 Å². The van der Waals surface area contributed by atoms with Gasteiger partial charge in [-0.2, -0.15) is 0 Å². The van der Waals surface area contributed by atoms with Crippen LogP contribution in [-0.2, 0) is 4.79 Å². The van der Waals surface area contributed by atoms with Gasteiger partial charge in [0, 0.05) is 17.4 Å². The summed E-state index contributed by atoms with van der Waals surface area (Å²) in [6, 6.07) is 5.62. The minimum Gasteiger partial charge on any atom is -0.497 e. The molecule has 3 rings (SSSR count). The smallest absolute Gasteiger partial charge is 0.220 e. The summed E-state index contributed by atoms with van der Waals surface area (Å²) in [4.78, 5) is 12.2. The lowest BCUT2D eigenvalue weighted by Crippen LogP contribution is -2.27. The Morgan fingerprint density at radius 3 is 2.96 bits per heavy atom. The van der Waals surface area contributed by atoms with Crippen molar-refractivity contribution < 1.29 is 13.9 Å². The van der Waals surface area contributed by atoms with Gasteiger partial charge in [-0.1, -0.05) is 0 Å². The molecule has 138 valence electrons. The first-order valence-electron chi connectivity index (χ1n) is 8.65. The molecule has 2 atom stereocenters. The Morgan fingerprint density at radius 1 is 1.48 bits per heavy atom. The third kappa shape index (κ3) is 4.47. The van der Waals surface area contributed by atoms with Crippen molar-refractivity contribution in [1.82, 2.24) is 10.6 Å². The summed E-state index contributed by atoms with van der Waals surface area (Å²) in [5, 5.41) is 7.43. The topological polar surface area (TPSA) is 63.5 Å². The number of nitrogens with one attached hydrogen (secondary N) is 2. The summed E-state index contributed by atoms with van der Waals surface area (Å²) in [5.74, 6) is 2.34. The maximum Gasteiger partial charge on any atom is 0.220 e. The third-order valence-corrected chi connectivity index (χ3v) is 4.89. The zero-order valence-corrected chi connectivity index (χ0v) is 15.9. The molecular weight excluding hydrogens is 340 g/mol. The molecule has 0 bridgehead atoms. The average molecular weight is 367 g/mol. The minimum absolute atomic E-state index is 0. The first-order valence-corrected chi connectivity index (χ1v) is 8.65. The van der Waals surface area contributed by atoms with Gasteiger partial charge in [-0.3, -0.25) is 4.79 Å². The van der Waals surface area contributed by atoms with Gasteiger partial charge >= 0.3 is 0 Å². The Labute approximate surface area is 154 Å². The number of methoxy groups -OCH3 is 1. The van der Waals surface area contributed by atoms with Crippen LogP contribution in [0.25, 0.3) is 11.0 Å². The molecule has 1 aliphatic rings. The monoisotopic (exact) mass is 366 g/mol. The maximum absolute atomic E-state index is 12.2. The fourth-order valence-corrected chi connectivity index (χ4v) is 3.43. The quantitative estimate of drug-likeness (QED) is 0.817. The standard InChI is InChI=1S/C19H26N2O3.ClH/c1-12-16-10-15(23-3)5-6-17(16)24-19(12)13(2)21-18(22)7-4-14-8-9-20-11-14;/h5-6,10,13-14,20H,4,7-9,11H2,1-3H3,(H,21,22);1H. The van der Waals surface area contributed by atoms with Crippen molar-refractivity contribution in [2.45, 2.75) is 39.2 Å². The van der Waals surface area contributed by atoms with Crippen LogP contribution < -0.4 is 15.4 Å². The van der Waals surface area contributed by atoms with E-state index in [2.05, 4.69) is 10.6 Å². The summed E-state index contributed by atoms with van der Waals surface area (Å²) < 4.78 is 11.2. The average Bonchev–Trinajstić information content (AvgIpc) is 3.21. The molecule has 2 unspecified atom stereocenters. The van der Waals surface area contributed by atoms with Crippen molar-refractivity contribution >= 4 is 29.3 Å². The second kappa shape index (κ2) is 8.59. The van der Waals surface area contributed by atoms with E-state index in [-0.39, 0.29) is 24.4 Å². The lowest BCUT2D eigenvalue weighted by atomic mass is 10.0. The Kier molecular flexibility index (Phi) is 6.73. The number of hydrogen-bond acceptors (Lipinski definition) is 4. The van der Waals surface area contributed by atoms with E-state index in [4.69, 9.17) is 9.15 Å². The van der Waals surface area contributed by atoms with Crippen LogP contribution in [0.4, 0.5) is 0 Å². The van der Waals surface area contributed by atoms with Gasteiger partial charge in [0.2, 0.25) is 5.91 Å². The third-order valence-electron chi connectivity index (χ3n) is 4.89. The molecule has 1 fully saturated rings. The first kappa shape index (κ1) is 19.6. The van der Waals surface area contributed by atoms with Crippen LogP contribution in [0.3, 0.4) is 0 Å². The lowest BCUT2D eigenvalue weighted by molar-refractivity contribution is -0.122. The van der Waals surface area contributed by atoms with E-state index in [0.29, 0.717) is 12.3 Å². The van der Waals surface area contributed by atoms with Gasteiger partial charge < -0.3 is 19.8 Å². The first-order chi connectivity index (χ1) is 11.6. The van der Waals surface area contributed by atoms with Crippen LogP contribution in [-0.4, -0.2) is 26.1 Å². The molecule has 1 aliphatic heterocycles. The second-order valence-corrected chi connectivity index (χ2v) is 6.64. The highest BCUT2D eigenvalue weighted by molar-refractivity contribution is 5.85. The predicted octanol–water partition coefficient (Wildman–Crippen LogP) is 3.74. The molecule has 1 aromatic carbocycles. The Hall–Kier alpha value is -1.72. The van der Waals surface area contributed by atoms with E-state index in [9.17, 15) is 4.79 Å². The molecule has 2 aromatic rings. The highest BCUT2D eigenvalue weighted by atomic mass is 35.5. The molecule has 25 heavy (non-hydrogen) atoms. The Bertz CT molecular complexity index is 723. The number of furan rings is 1. The van der Waals surface area contributed by atoms with E-state index in [1.807, 2.05) is 32.0 Å². The van der Waals surface area contributed by atoms with Crippen LogP contribution in [0.1, 0.15) is 43.6 Å². The summed E-state index contributed by atoms with van der Waals surface area (Å²) in [7, 11) is 1.65. The van der Waals surface area contributed by atoms with Crippen molar-refractivity contribution in [2.75, 3.05) is 20.2 Å². The second-order valence-electron chi connectivity index (χ2n) is 6.64. The van der Waals surface area contributed by atoms with Gasteiger partial charge in [0.15, 0.2) is 0 Å². The maximum atomic E-state index is 12.2. The van der Waals surface area contributed by atoms with E-state index >= 15 is 0 Å². The summed E-state index contributed by atoms with van der Waals surface area (Å²) >= 11 is 0. The van der Waals surface area contributed by atoms with Crippen LogP contribution in [0, 0.1) is 12.8 Å². The molecule has 0 aliphatic carbocycles. The van der Waals surface area contributed by atoms with Gasteiger partial charge in [-0.15, -0.1) is 12.4 Å². The molecule has 5 nitrogen and oxygen atoms in total. The van der Waals surface area contributed by atoms with Crippen molar-refractivity contribution in [3.8, 4) is 5.75 Å². The van der Waals surface area contributed by atoms with Crippen LogP contribution >= 0.6 is 12.4 Å². The van der Waals surface area contributed by atoms with Gasteiger partial charge in [-0.05, 0) is 63.9 Å². The predicted molar refractivity (Wildman–Crippen MR) is 102 cm³/mol. The Balaban J connectivity index is 0.00000225. The molecule has 2 heterocycles. The summed E-state index contributed by atoms with van der Waals surface area (Å²) in [6.45, 7) is 6.10. The molecule has 2 N–H and O–H groups in total. The molecule has 0 saturated carbocycles. The molecule has 0 spiro atoms. The van der Waals surface area contributed by atoms with Crippen molar-refractivity contribution in [1.29, 1.82) is 0 Å². The molecule has 6 heteroatoms. The van der Waals surface area contributed by atoms with E-state index < -0.39 is 0 Å². The normalized spacial score (nSPS) is 18.0.